The fourth-order valence-electron chi connectivity index (χ4n) is 8.40. The van der Waals surface area contributed by atoms with E-state index in [-0.39, 0.29) is 29.7 Å². The summed E-state index contributed by atoms with van der Waals surface area (Å²) in [5.74, 6) is -0.741. The molecule has 0 radical (unpaired) electrons. The Morgan fingerprint density at radius 1 is 0.556 bits per heavy atom. The van der Waals surface area contributed by atoms with Gasteiger partial charge in [-0.05, 0) is 30.0 Å². The summed E-state index contributed by atoms with van der Waals surface area (Å²) in [7, 11) is -6.83. The van der Waals surface area contributed by atoms with Crippen LogP contribution in [0, 0.1) is 23.6 Å². The van der Waals surface area contributed by atoms with Crippen LogP contribution in [0.2, 0.25) is 0 Å². The van der Waals surface area contributed by atoms with Gasteiger partial charge < -0.3 is 14.0 Å². The first kappa shape index (κ1) is 28.4. The highest BCUT2D eigenvalue weighted by Crippen LogP contribution is 2.73. The Hall–Kier alpha value is -4.04. The van der Waals surface area contributed by atoms with Gasteiger partial charge in [0.25, 0.3) is 0 Å². The zero-order valence-electron chi connectivity index (χ0n) is 24.5. The summed E-state index contributed by atoms with van der Waals surface area (Å²) in [5.41, 5.74) is 0.655. The fourth-order valence-corrected chi connectivity index (χ4v) is 16.9. The lowest BCUT2D eigenvalue weighted by molar-refractivity contribution is 0.0293. The maximum absolute atomic E-state index is 16.4. The molecule has 0 amide bonds. The molecule has 0 aromatic heterocycles. The van der Waals surface area contributed by atoms with Gasteiger partial charge in [0.05, 0.1) is 5.71 Å². The zero-order chi connectivity index (χ0) is 30.6. The zero-order valence-corrected chi connectivity index (χ0v) is 26.3. The van der Waals surface area contributed by atoms with Gasteiger partial charge in [0.1, 0.15) is 26.2 Å². The summed E-state index contributed by atoms with van der Waals surface area (Å²) in [5, 5.41) is 7.66. The number of benzene rings is 5. The Kier molecular flexibility index (Phi) is 7.01. The van der Waals surface area contributed by atoms with Crippen LogP contribution in [0.25, 0.3) is 0 Å². The fraction of sp³-hybridized carbons (Fsp3) is 0.184. The van der Waals surface area contributed by atoms with Crippen LogP contribution in [0.5, 0.6) is 0 Å². The van der Waals surface area contributed by atoms with Crippen molar-refractivity contribution in [2.24, 2.45) is 22.9 Å². The molecule has 5 aromatic rings. The van der Waals surface area contributed by atoms with Gasteiger partial charge in [0.2, 0.25) is 0 Å². The Morgan fingerprint density at radius 3 is 1.38 bits per heavy atom. The van der Waals surface area contributed by atoms with Crippen LogP contribution >= 0.6 is 14.3 Å². The van der Waals surface area contributed by atoms with Crippen LogP contribution in [-0.4, -0.2) is 23.1 Å². The summed E-state index contributed by atoms with van der Waals surface area (Å²) in [6.07, 6.45) is 0.412. The van der Waals surface area contributed by atoms with Gasteiger partial charge in [0.15, 0.2) is 0 Å². The second-order valence-electron chi connectivity index (χ2n) is 12.3. The van der Waals surface area contributed by atoms with E-state index in [4.69, 9.17) is 4.84 Å². The van der Waals surface area contributed by atoms with E-state index in [1.54, 1.807) is 12.1 Å². The van der Waals surface area contributed by atoms with E-state index >= 15 is 9.13 Å². The van der Waals surface area contributed by atoms with E-state index in [1.807, 2.05) is 121 Å². The summed E-state index contributed by atoms with van der Waals surface area (Å²) < 4.78 is 46.6. The molecule has 1 heterocycles. The van der Waals surface area contributed by atoms with Crippen LogP contribution in [0.1, 0.15) is 12.0 Å². The number of fused-ring (bicyclic) bond motifs is 5. The summed E-state index contributed by atoms with van der Waals surface area (Å²) in [6, 6.07) is 45.3. The molecule has 6 atom stereocenters. The Labute approximate surface area is 262 Å². The van der Waals surface area contributed by atoms with Gasteiger partial charge in [-0.2, -0.15) is 0 Å². The van der Waals surface area contributed by atoms with Crippen LogP contribution in [0.3, 0.4) is 0 Å². The lowest BCUT2D eigenvalue weighted by atomic mass is 9.80. The molecule has 45 heavy (non-hydrogen) atoms. The highest BCUT2D eigenvalue weighted by atomic mass is 31.2. The van der Waals surface area contributed by atoms with E-state index in [2.05, 4.69) is 5.16 Å². The van der Waals surface area contributed by atoms with E-state index in [1.165, 1.54) is 12.1 Å². The van der Waals surface area contributed by atoms with Crippen molar-refractivity contribution in [1.82, 2.24) is 0 Å². The van der Waals surface area contributed by atoms with E-state index in [0.717, 1.165) is 38.9 Å². The van der Waals surface area contributed by atoms with Crippen LogP contribution in [0.15, 0.2) is 151 Å². The molecule has 5 aromatic carbocycles. The van der Waals surface area contributed by atoms with Gasteiger partial charge >= 0.3 is 0 Å². The molecule has 1 aliphatic heterocycles. The average molecular weight is 632 g/mol. The van der Waals surface area contributed by atoms with Gasteiger partial charge in [-0.1, -0.05) is 139 Å². The molecular weight excluding hydrogens is 599 g/mol. The number of hydrogen-bond acceptors (Lipinski definition) is 4. The monoisotopic (exact) mass is 631 g/mol. The molecule has 4 nitrogen and oxygen atoms in total. The Morgan fingerprint density at radius 2 is 0.956 bits per heavy atom. The Balaban J connectivity index is 1.38. The molecule has 3 aliphatic rings. The molecule has 2 fully saturated rings. The van der Waals surface area contributed by atoms with Crippen LogP contribution in [0.4, 0.5) is 4.39 Å². The lowest BCUT2D eigenvalue weighted by Gasteiger charge is -2.44. The second kappa shape index (κ2) is 11.1. The summed E-state index contributed by atoms with van der Waals surface area (Å²) >= 11 is 0. The third-order valence-electron chi connectivity index (χ3n) is 10.1. The smallest absolute Gasteiger partial charge is 0.147 e. The van der Waals surface area contributed by atoms with E-state index in [0.29, 0.717) is 0 Å². The molecule has 0 saturated heterocycles. The third kappa shape index (κ3) is 4.36. The molecule has 0 spiro atoms. The number of nitrogens with zero attached hydrogens (tertiary/aromatic N) is 1. The van der Waals surface area contributed by atoms with Gasteiger partial charge in [-0.3, -0.25) is 0 Å². The molecule has 2 bridgehead atoms. The quantitative estimate of drug-likeness (QED) is 0.183. The van der Waals surface area contributed by atoms with Crippen molar-refractivity contribution in [3.8, 4) is 0 Å². The predicted octanol–water partition coefficient (Wildman–Crippen LogP) is 6.96. The van der Waals surface area contributed by atoms with Crippen molar-refractivity contribution in [2.75, 3.05) is 0 Å². The van der Waals surface area contributed by atoms with Crippen LogP contribution in [-0.2, 0) is 14.0 Å². The maximum atomic E-state index is 16.4. The molecular formula is C38H32FNO3P2. The highest BCUT2D eigenvalue weighted by molar-refractivity contribution is 7.83. The lowest BCUT2D eigenvalue weighted by Crippen LogP contribution is -2.50. The van der Waals surface area contributed by atoms with Gasteiger partial charge in [-0.25, -0.2) is 4.39 Å². The van der Waals surface area contributed by atoms with Crippen molar-refractivity contribution in [3.63, 3.8) is 0 Å². The number of halogens is 1. The van der Waals surface area contributed by atoms with E-state index < -0.39 is 25.6 Å². The van der Waals surface area contributed by atoms with Crippen molar-refractivity contribution < 1.29 is 18.4 Å². The average Bonchev–Trinajstić information content (AvgIpc) is 3.82. The minimum absolute atomic E-state index is 0.122. The van der Waals surface area contributed by atoms with Crippen molar-refractivity contribution >= 4 is 41.2 Å². The molecule has 8 rings (SSSR count). The highest BCUT2D eigenvalue weighted by Gasteiger charge is 2.70. The topological polar surface area (TPSA) is 55.7 Å². The van der Waals surface area contributed by atoms with Crippen LogP contribution < -0.4 is 21.2 Å². The summed E-state index contributed by atoms with van der Waals surface area (Å²) in [4.78, 5) is 6.26. The minimum atomic E-state index is -3.43. The minimum Gasteiger partial charge on any atom is -0.391 e. The normalized spacial score (nSPS) is 25.4. The Bertz CT molecular complexity index is 1870. The first-order valence-corrected chi connectivity index (χ1v) is 19.0. The van der Waals surface area contributed by atoms with Gasteiger partial charge in [0, 0.05) is 44.4 Å². The molecule has 0 unspecified atom stereocenters. The number of oxime groups is 1. The SMILES string of the molecule is O=P(c1ccccc1)(c1ccccc1)[C@H]1[C@@H]2C[C@H]([C@H]3C(c4ccc(F)cc4)=NO[C@H]23)[C@@H]1P(=O)(c1ccccc1)c1ccccc1. The standard InChI is InChI=1S/C38H32FNO3P2/c39-27-23-21-26(22-24-27)35-34-32-25-33(36(34)43-40-35)38(45(42,30-17-9-3-10-18-30)31-19-11-4-12-20-31)37(32)44(41,28-13-5-1-6-14-28)29-15-7-2-8-16-29/h1-24,32-34,36-38H,25H2/t32-,33-,34+,36-,37+,38+/m1/s1. The second-order valence-corrected chi connectivity index (χ2v) is 18.2. The largest absolute Gasteiger partial charge is 0.391 e. The first-order chi connectivity index (χ1) is 22.0. The number of hydrogen-bond donors (Lipinski definition) is 0. The molecule has 2 aliphatic carbocycles. The van der Waals surface area contributed by atoms with Gasteiger partial charge in [-0.15, -0.1) is 0 Å². The molecule has 2 saturated carbocycles. The summed E-state index contributed by atoms with van der Waals surface area (Å²) in [6.45, 7) is 0. The first-order valence-electron chi connectivity index (χ1n) is 15.4. The third-order valence-corrected chi connectivity index (χ3v) is 17.7. The molecule has 7 heteroatoms. The molecule has 0 N–H and O–H groups in total. The number of rotatable bonds is 7. The van der Waals surface area contributed by atoms with Crippen molar-refractivity contribution in [1.29, 1.82) is 0 Å². The molecule has 224 valence electrons. The maximum Gasteiger partial charge on any atom is 0.147 e. The van der Waals surface area contributed by atoms with Crippen molar-refractivity contribution in [3.05, 3.63) is 157 Å². The predicted molar refractivity (Wildman–Crippen MR) is 180 cm³/mol. The van der Waals surface area contributed by atoms with Crippen molar-refractivity contribution in [2.45, 2.75) is 23.8 Å². The van der Waals surface area contributed by atoms with E-state index in [9.17, 15) is 4.39 Å².